The van der Waals surface area contributed by atoms with Crippen LogP contribution >= 0.6 is 11.6 Å². The molecule has 0 radical (unpaired) electrons. The van der Waals surface area contributed by atoms with Crippen molar-refractivity contribution in [2.24, 2.45) is 0 Å². The van der Waals surface area contributed by atoms with E-state index in [0.717, 1.165) is 11.3 Å². The van der Waals surface area contributed by atoms with Crippen LogP contribution in [0.15, 0.2) is 24.3 Å². The van der Waals surface area contributed by atoms with Crippen molar-refractivity contribution >= 4 is 23.2 Å². The van der Waals surface area contributed by atoms with Gasteiger partial charge in [0.2, 0.25) is 5.91 Å². The van der Waals surface area contributed by atoms with E-state index in [1.807, 2.05) is 24.3 Å². The number of alkyl halides is 1. The van der Waals surface area contributed by atoms with Crippen molar-refractivity contribution in [1.29, 1.82) is 0 Å². The second kappa shape index (κ2) is 7.25. The van der Waals surface area contributed by atoms with Gasteiger partial charge in [0.15, 0.2) is 0 Å². The third kappa shape index (κ3) is 4.64. The Balaban J connectivity index is 2.45. The number of benzene rings is 1. The number of rotatable bonds is 6. The second-order valence-electron chi connectivity index (χ2n) is 3.51. The summed E-state index contributed by atoms with van der Waals surface area (Å²) in [6.45, 7) is 0.140. The van der Waals surface area contributed by atoms with Crippen LogP contribution in [-0.4, -0.2) is 23.5 Å². The van der Waals surface area contributed by atoms with Gasteiger partial charge in [0.1, 0.15) is 0 Å². The predicted molar refractivity (Wildman–Crippen MR) is 65.8 cm³/mol. The van der Waals surface area contributed by atoms with Crippen LogP contribution in [0.5, 0.6) is 0 Å². The van der Waals surface area contributed by atoms with Crippen LogP contribution in [0.3, 0.4) is 0 Å². The average molecular weight is 242 g/mol. The molecule has 0 aliphatic rings. The standard InChI is InChI=1S/C12H16ClNO2/c13-8-1-2-12(16)14-11-5-3-10(4-6-11)7-9-15/h3-6,15H,1-2,7-9H2,(H,14,16). The first-order valence-corrected chi connectivity index (χ1v) is 5.85. The fourth-order valence-electron chi connectivity index (χ4n) is 1.33. The zero-order valence-corrected chi connectivity index (χ0v) is 9.83. The first-order chi connectivity index (χ1) is 7.76. The SMILES string of the molecule is O=C(CCCCl)Nc1ccc(CCO)cc1. The van der Waals surface area contributed by atoms with Crippen molar-refractivity contribution in [2.45, 2.75) is 19.3 Å². The van der Waals surface area contributed by atoms with Gasteiger partial charge >= 0.3 is 0 Å². The van der Waals surface area contributed by atoms with E-state index in [9.17, 15) is 4.79 Å². The van der Waals surface area contributed by atoms with Gasteiger partial charge in [-0.1, -0.05) is 12.1 Å². The molecule has 2 N–H and O–H groups in total. The Bertz CT molecular complexity index is 324. The maximum atomic E-state index is 11.4. The molecule has 0 aliphatic heterocycles. The quantitative estimate of drug-likeness (QED) is 0.750. The fourth-order valence-corrected chi connectivity index (χ4v) is 1.47. The first-order valence-electron chi connectivity index (χ1n) is 5.32. The van der Waals surface area contributed by atoms with E-state index in [-0.39, 0.29) is 12.5 Å². The van der Waals surface area contributed by atoms with Crippen molar-refractivity contribution in [1.82, 2.24) is 0 Å². The van der Waals surface area contributed by atoms with Gasteiger partial charge in [-0.2, -0.15) is 0 Å². The van der Waals surface area contributed by atoms with E-state index >= 15 is 0 Å². The normalized spacial score (nSPS) is 10.1. The average Bonchev–Trinajstić information content (AvgIpc) is 2.29. The van der Waals surface area contributed by atoms with Crippen LogP contribution in [0, 0.1) is 0 Å². The Labute approximate surface area is 100 Å². The van der Waals surface area contributed by atoms with Crippen molar-refractivity contribution in [2.75, 3.05) is 17.8 Å². The molecule has 1 rings (SSSR count). The van der Waals surface area contributed by atoms with Gasteiger partial charge in [0, 0.05) is 24.6 Å². The monoisotopic (exact) mass is 241 g/mol. The van der Waals surface area contributed by atoms with Gasteiger partial charge in [-0.05, 0) is 30.5 Å². The van der Waals surface area contributed by atoms with Gasteiger partial charge in [0.25, 0.3) is 0 Å². The van der Waals surface area contributed by atoms with Crippen molar-refractivity contribution in [3.8, 4) is 0 Å². The van der Waals surface area contributed by atoms with Gasteiger partial charge in [-0.25, -0.2) is 0 Å². The number of aliphatic hydroxyl groups excluding tert-OH is 1. The Morgan fingerprint density at radius 1 is 1.31 bits per heavy atom. The largest absolute Gasteiger partial charge is 0.396 e. The van der Waals surface area contributed by atoms with Gasteiger partial charge < -0.3 is 10.4 Å². The number of carbonyl (C=O) groups is 1. The lowest BCUT2D eigenvalue weighted by molar-refractivity contribution is -0.116. The third-order valence-corrected chi connectivity index (χ3v) is 2.44. The molecule has 0 aliphatic carbocycles. The summed E-state index contributed by atoms with van der Waals surface area (Å²) >= 11 is 5.50. The number of hydrogen-bond acceptors (Lipinski definition) is 2. The molecule has 0 spiro atoms. The molecule has 4 heteroatoms. The van der Waals surface area contributed by atoms with E-state index in [2.05, 4.69) is 5.32 Å². The lowest BCUT2D eigenvalue weighted by Crippen LogP contribution is -2.11. The maximum absolute atomic E-state index is 11.4. The molecule has 0 fully saturated rings. The molecule has 3 nitrogen and oxygen atoms in total. The summed E-state index contributed by atoms with van der Waals surface area (Å²) in [5, 5.41) is 11.5. The number of anilines is 1. The summed E-state index contributed by atoms with van der Waals surface area (Å²) in [4.78, 5) is 11.4. The minimum atomic E-state index is -0.0180. The highest BCUT2D eigenvalue weighted by atomic mass is 35.5. The summed E-state index contributed by atoms with van der Waals surface area (Å²) in [6.07, 6.45) is 1.78. The maximum Gasteiger partial charge on any atom is 0.224 e. The van der Waals surface area contributed by atoms with E-state index in [1.165, 1.54) is 0 Å². The van der Waals surface area contributed by atoms with E-state index < -0.39 is 0 Å². The van der Waals surface area contributed by atoms with Crippen molar-refractivity contribution in [3.05, 3.63) is 29.8 Å². The zero-order chi connectivity index (χ0) is 11.8. The lowest BCUT2D eigenvalue weighted by atomic mass is 10.1. The number of aliphatic hydroxyl groups is 1. The molecule has 0 heterocycles. The molecule has 16 heavy (non-hydrogen) atoms. The van der Waals surface area contributed by atoms with Crippen LogP contribution in [0.25, 0.3) is 0 Å². The number of amides is 1. The minimum Gasteiger partial charge on any atom is -0.396 e. The Morgan fingerprint density at radius 3 is 2.56 bits per heavy atom. The van der Waals surface area contributed by atoms with Gasteiger partial charge in [-0.3, -0.25) is 4.79 Å². The Morgan fingerprint density at radius 2 is 2.00 bits per heavy atom. The Kier molecular flexibility index (Phi) is 5.90. The number of hydrogen-bond donors (Lipinski definition) is 2. The van der Waals surface area contributed by atoms with Gasteiger partial charge in [-0.15, -0.1) is 11.6 Å². The van der Waals surface area contributed by atoms with Crippen LogP contribution in [-0.2, 0) is 11.2 Å². The van der Waals surface area contributed by atoms with Crippen molar-refractivity contribution < 1.29 is 9.90 Å². The molecule has 1 aromatic carbocycles. The summed E-state index contributed by atoms with van der Waals surface area (Å²) in [5.74, 6) is 0.485. The molecule has 0 bridgehead atoms. The molecular formula is C12H16ClNO2. The van der Waals surface area contributed by atoms with Crippen LogP contribution in [0.2, 0.25) is 0 Å². The van der Waals surface area contributed by atoms with E-state index in [4.69, 9.17) is 16.7 Å². The van der Waals surface area contributed by atoms with Crippen LogP contribution in [0.1, 0.15) is 18.4 Å². The van der Waals surface area contributed by atoms with E-state index in [1.54, 1.807) is 0 Å². The highest BCUT2D eigenvalue weighted by Crippen LogP contribution is 2.10. The number of halogens is 1. The van der Waals surface area contributed by atoms with Crippen molar-refractivity contribution in [3.63, 3.8) is 0 Å². The molecule has 88 valence electrons. The molecule has 0 saturated carbocycles. The summed E-state index contributed by atoms with van der Waals surface area (Å²) < 4.78 is 0. The number of carbonyl (C=O) groups excluding carboxylic acids is 1. The molecule has 0 atom stereocenters. The molecular weight excluding hydrogens is 226 g/mol. The van der Waals surface area contributed by atoms with Crippen LogP contribution in [0.4, 0.5) is 5.69 Å². The summed E-state index contributed by atoms with van der Waals surface area (Å²) in [7, 11) is 0. The smallest absolute Gasteiger partial charge is 0.224 e. The highest BCUT2D eigenvalue weighted by Gasteiger charge is 2.01. The van der Waals surface area contributed by atoms with Crippen LogP contribution < -0.4 is 5.32 Å². The first kappa shape index (κ1) is 13.0. The Hall–Kier alpha value is -1.06. The molecule has 0 aromatic heterocycles. The highest BCUT2D eigenvalue weighted by molar-refractivity contribution is 6.18. The molecule has 1 amide bonds. The number of nitrogens with one attached hydrogen (secondary N) is 1. The topological polar surface area (TPSA) is 49.3 Å². The molecule has 0 saturated heterocycles. The minimum absolute atomic E-state index is 0.0180. The lowest BCUT2D eigenvalue weighted by Gasteiger charge is -2.05. The summed E-state index contributed by atoms with van der Waals surface area (Å²) in [6, 6.07) is 7.47. The van der Waals surface area contributed by atoms with Gasteiger partial charge in [0.05, 0.1) is 0 Å². The zero-order valence-electron chi connectivity index (χ0n) is 9.08. The predicted octanol–water partition coefficient (Wildman–Crippen LogP) is 2.18. The third-order valence-electron chi connectivity index (χ3n) is 2.18. The summed E-state index contributed by atoms with van der Waals surface area (Å²) in [5.41, 5.74) is 1.84. The fraction of sp³-hybridized carbons (Fsp3) is 0.417. The van der Waals surface area contributed by atoms with E-state index in [0.29, 0.717) is 25.1 Å². The second-order valence-corrected chi connectivity index (χ2v) is 3.89. The molecule has 1 aromatic rings. The molecule has 0 unspecified atom stereocenters.